The molecule has 1 aromatic heterocycles. The second-order valence-corrected chi connectivity index (χ2v) is 6.34. The summed E-state index contributed by atoms with van der Waals surface area (Å²) in [4.78, 5) is 1.14. The summed E-state index contributed by atoms with van der Waals surface area (Å²) in [6.07, 6.45) is 3.63. The minimum absolute atomic E-state index is 0.212. The van der Waals surface area contributed by atoms with Gasteiger partial charge in [0.2, 0.25) is 0 Å². The lowest BCUT2D eigenvalue weighted by atomic mass is 9.85. The van der Waals surface area contributed by atoms with Crippen molar-refractivity contribution in [2.24, 2.45) is 0 Å². The van der Waals surface area contributed by atoms with Crippen molar-refractivity contribution in [2.45, 2.75) is 65.1 Å². The predicted molar refractivity (Wildman–Crippen MR) is 83.1 cm³/mol. The second-order valence-electron chi connectivity index (χ2n) is 4.66. The van der Waals surface area contributed by atoms with Crippen LogP contribution in [0.1, 0.15) is 69.9 Å². The van der Waals surface area contributed by atoms with Gasteiger partial charge >= 0.3 is 0 Å². The van der Waals surface area contributed by atoms with Crippen LogP contribution in [-0.4, -0.2) is 11.7 Å². The van der Waals surface area contributed by atoms with E-state index in [1.54, 1.807) is 11.3 Å². The number of aliphatic hydroxyl groups is 1. The van der Waals surface area contributed by atoms with Gasteiger partial charge in [0.15, 0.2) is 0 Å². The van der Waals surface area contributed by atoms with Gasteiger partial charge in [-0.3, -0.25) is 0 Å². The third kappa shape index (κ3) is 3.52. The number of ether oxygens (including phenoxy) is 1. The van der Waals surface area contributed by atoms with Gasteiger partial charge in [-0.2, -0.15) is 0 Å². The highest BCUT2D eigenvalue weighted by Crippen LogP contribution is 2.48. The standard InChI is InChI=1S/C13H19ClO2S.C2H6/c1-3-5-13(6-4-2)12-9(7-11(14)17-12)10(15)8-16-13;1-2/h7,10,15H,3-6,8H2,1-2H3;1-2H3. The van der Waals surface area contributed by atoms with Crippen molar-refractivity contribution < 1.29 is 9.84 Å². The van der Waals surface area contributed by atoms with Crippen molar-refractivity contribution in [1.82, 2.24) is 0 Å². The highest BCUT2D eigenvalue weighted by Gasteiger charge is 2.41. The van der Waals surface area contributed by atoms with Gasteiger partial charge in [-0.1, -0.05) is 52.1 Å². The van der Waals surface area contributed by atoms with E-state index in [0.29, 0.717) is 6.61 Å². The maximum atomic E-state index is 9.97. The molecular formula is C15H25ClO2S. The first-order valence-electron chi connectivity index (χ1n) is 7.24. The van der Waals surface area contributed by atoms with E-state index in [0.717, 1.165) is 40.5 Å². The molecule has 0 saturated carbocycles. The Bertz CT molecular complexity index is 383. The number of hydrogen-bond acceptors (Lipinski definition) is 3. The summed E-state index contributed by atoms with van der Waals surface area (Å²) in [5.74, 6) is 0. The molecule has 1 aliphatic heterocycles. The quantitative estimate of drug-likeness (QED) is 0.819. The van der Waals surface area contributed by atoms with Crippen molar-refractivity contribution in [3.05, 3.63) is 20.8 Å². The molecule has 0 aliphatic carbocycles. The Balaban J connectivity index is 0.000000861. The zero-order chi connectivity index (χ0) is 14.5. The topological polar surface area (TPSA) is 29.5 Å². The van der Waals surface area contributed by atoms with Gasteiger partial charge in [-0.15, -0.1) is 11.3 Å². The van der Waals surface area contributed by atoms with Crippen LogP contribution >= 0.6 is 22.9 Å². The van der Waals surface area contributed by atoms with Gasteiger partial charge in [0, 0.05) is 10.4 Å². The van der Waals surface area contributed by atoms with Crippen LogP contribution in [0.25, 0.3) is 0 Å². The maximum absolute atomic E-state index is 9.97. The van der Waals surface area contributed by atoms with Crippen LogP contribution in [0.3, 0.4) is 0 Å². The molecule has 1 aromatic rings. The van der Waals surface area contributed by atoms with Crippen LogP contribution < -0.4 is 0 Å². The Labute approximate surface area is 125 Å². The number of rotatable bonds is 4. The zero-order valence-electron chi connectivity index (χ0n) is 12.3. The third-order valence-electron chi connectivity index (χ3n) is 3.33. The molecule has 1 N–H and O–H groups in total. The van der Waals surface area contributed by atoms with Crippen LogP contribution in [0.15, 0.2) is 6.07 Å². The van der Waals surface area contributed by atoms with Crippen molar-refractivity contribution in [3.63, 3.8) is 0 Å². The molecule has 0 bridgehead atoms. The molecule has 2 rings (SSSR count). The molecule has 2 heterocycles. The monoisotopic (exact) mass is 304 g/mol. The smallest absolute Gasteiger partial charge is 0.104 e. The second kappa shape index (κ2) is 7.63. The zero-order valence-corrected chi connectivity index (χ0v) is 13.9. The molecule has 0 spiro atoms. The van der Waals surface area contributed by atoms with Gasteiger partial charge < -0.3 is 9.84 Å². The average molecular weight is 305 g/mol. The van der Waals surface area contributed by atoms with E-state index in [1.165, 1.54) is 0 Å². The van der Waals surface area contributed by atoms with E-state index in [1.807, 2.05) is 19.9 Å². The summed E-state index contributed by atoms with van der Waals surface area (Å²) < 4.78 is 6.75. The highest BCUT2D eigenvalue weighted by molar-refractivity contribution is 7.16. The summed E-state index contributed by atoms with van der Waals surface area (Å²) in [7, 11) is 0. The van der Waals surface area contributed by atoms with Gasteiger partial charge in [0.05, 0.1) is 10.9 Å². The predicted octanol–water partition coefficient (Wildman–Crippen LogP) is 5.29. The van der Waals surface area contributed by atoms with Crippen LogP contribution in [0.2, 0.25) is 4.34 Å². The molecule has 2 nitrogen and oxygen atoms in total. The normalized spacial score (nSPS) is 20.4. The summed E-state index contributed by atoms with van der Waals surface area (Å²) in [5, 5.41) is 9.97. The number of fused-ring (bicyclic) bond motifs is 1. The summed E-state index contributed by atoms with van der Waals surface area (Å²) in [6.45, 7) is 8.72. The van der Waals surface area contributed by atoms with E-state index < -0.39 is 6.10 Å². The van der Waals surface area contributed by atoms with E-state index in [2.05, 4.69) is 13.8 Å². The van der Waals surface area contributed by atoms with Crippen molar-refractivity contribution in [2.75, 3.05) is 6.61 Å². The lowest BCUT2D eigenvalue weighted by molar-refractivity contribution is -0.111. The minimum Gasteiger partial charge on any atom is -0.386 e. The van der Waals surface area contributed by atoms with Crippen LogP contribution in [0.4, 0.5) is 0 Å². The minimum atomic E-state index is -0.518. The first-order chi connectivity index (χ1) is 9.13. The molecule has 0 saturated heterocycles. The van der Waals surface area contributed by atoms with Gasteiger partial charge in [0.1, 0.15) is 11.7 Å². The molecule has 0 fully saturated rings. The first kappa shape index (κ1) is 17.0. The fourth-order valence-electron chi connectivity index (χ4n) is 2.68. The highest BCUT2D eigenvalue weighted by atomic mass is 35.5. The lowest BCUT2D eigenvalue weighted by Crippen LogP contribution is -2.36. The maximum Gasteiger partial charge on any atom is 0.104 e. The van der Waals surface area contributed by atoms with Crippen LogP contribution in [0.5, 0.6) is 0 Å². The average Bonchev–Trinajstić information content (AvgIpc) is 2.81. The number of thiophene rings is 1. The summed E-state index contributed by atoms with van der Waals surface area (Å²) in [6, 6.07) is 1.90. The molecule has 1 aliphatic rings. The van der Waals surface area contributed by atoms with Gasteiger partial charge in [-0.25, -0.2) is 0 Å². The van der Waals surface area contributed by atoms with Crippen molar-refractivity contribution in [1.29, 1.82) is 0 Å². The van der Waals surface area contributed by atoms with Gasteiger partial charge in [-0.05, 0) is 18.9 Å². The Morgan fingerprint density at radius 1 is 1.37 bits per heavy atom. The third-order valence-corrected chi connectivity index (χ3v) is 4.79. The first-order valence-corrected chi connectivity index (χ1v) is 8.44. The van der Waals surface area contributed by atoms with E-state index in [-0.39, 0.29) is 5.60 Å². The SMILES string of the molecule is CC.CCCC1(CCC)OCC(O)c2cc(Cl)sc21. The molecule has 4 heteroatoms. The van der Waals surface area contributed by atoms with E-state index in [9.17, 15) is 5.11 Å². The number of hydrogen-bond donors (Lipinski definition) is 1. The molecule has 0 amide bonds. The van der Waals surface area contributed by atoms with E-state index in [4.69, 9.17) is 16.3 Å². The van der Waals surface area contributed by atoms with Crippen molar-refractivity contribution >= 4 is 22.9 Å². The molecule has 1 unspecified atom stereocenters. The lowest BCUT2D eigenvalue weighted by Gasteiger charge is -2.39. The molecule has 1 atom stereocenters. The molecule has 110 valence electrons. The van der Waals surface area contributed by atoms with Gasteiger partial charge in [0.25, 0.3) is 0 Å². The fourth-order valence-corrected chi connectivity index (χ4v) is 4.17. The Kier molecular flexibility index (Phi) is 6.81. The van der Waals surface area contributed by atoms with Crippen molar-refractivity contribution in [3.8, 4) is 0 Å². The van der Waals surface area contributed by atoms with Crippen LogP contribution in [0, 0.1) is 0 Å². The van der Waals surface area contributed by atoms with Crippen LogP contribution in [-0.2, 0) is 10.3 Å². The number of aliphatic hydroxyl groups excluding tert-OH is 1. The molecule has 0 radical (unpaired) electrons. The van der Waals surface area contributed by atoms with E-state index >= 15 is 0 Å². The summed E-state index contributed by atoms with van der Waals surface area (Å²) >= 11 is 7.66. The molecule has 19 heavy (non-hydrogen) atoms. The summed E-state index contributed by atoms with van der Waals surface area (Å²) in [5.41, 5.74) is 0.767. The molecule has 0 aromatic carbocycles. The Morgan fingerprint density at radius 2 is 1.95 bits per heavy atom. The Morgan fingerprint density at radius 3 is 2.47 bits per heavy atom. The fraction of sp³-hybridized carbons (Fsp3) is 0.733. The number of halogens is 1. The Hall–Kier alpha value is -0.0900. The largest absolute Gasteiger partial charge is 0.386 e. The molecular weight excluding hydrogens is 280 g/mol.